The Morgan fingerprint density at radius 2 is 1.89 bits per heavy atom. The van der Waals surface area contributed by atoms with Gasteiger partial charge in [0, 0.05) is 24.8 Å². The number of aromatic nitrogens is 2. The Morgan fingerprint density at radius 1 is 1.16 bits per heavy atom. The molecule has 4 heteroatoms. The zero-order chi connectivity index (χ0) is 13.5. The molecule has 4 nitrogen and oxygen atoms in total. The van der Waals surface area contributed by atoms with E-state index in [0.717, 1.165) is 11.1 Å². The van der Waals surface area contributed by atoms with E-state index in [-0.39, 0.29) is 5.97 Å². The number of hydrogen-bond donors (Lipinski definition) is 0. The molecule has 0 bridgehead atoms. The molecule has 0 spiro atoms. The number of esters is 1. The van der Waals surface area contributed by atoms with Gasteiger partial charge in [0.1, 0.15) is 0 Å². The van der Waals surface area contributed by atoms with Gasteiger partial charge in [-0.25, -0.2) is 4.79 Å². The Balaban J connectivity index is 2.15. The Labute approximate surface area is 111 Å². The van der Waals surface area contributed by atoms with Gasteiger partial charge < -0.3 is 4.74 Å². The number of carbonyl (C=O) groups is 1. The summed E-state index contributed by atoms with van der Waals surface area (Å²) in [6, 6.07) is 5.56. The molecule has 0 N–H and O–H groups in total. The lowest BCUT2D eigenvalue weighted by Crippen LogP contribution is -2.05. The highest BCUT2D eigenvalue weighted by Crippen LogP contribution is 2.09. The van der Waals surface area contributed by atoms with Crippen molar-refractivity contribution in [3.05, 3.63) is 59.7 Å². The van der Waals surface area contributed by atoms with E-state index in [9.17, 15) is 4.79 Å². The molecule has 0 unspecified atom stereocenters. The van der Waals surface area contributed by atoms with E-state index in [2.05, 4.69) is 9.97 Å². The van der Waals surface area contributed by atoms with Crippen LogP contribution in [-0.2, 0) is 4.74 Å². The first kappa shape index (κ1) is 13.0. The van der Waals surface area contributed by atoms with Crippen LogP contribution in [0.2, 0.25) is 0 Å². The number of carbonyl (C=O) groups excluding carboxylic acids is 1. The van der Waals surface area contributed by atoms with Crippen LogP contribution in [0.5, 0.6) is 0 Å². The van der Waals surface area contributed by atoms with E-state index in [1.54, 1.807) is 31.6 Å². The van der Waals surface area contributed by atoms with Crippen molar-refractivity contribution < 1.29 is 9.53 Å². The van der Waals surface area contributed by atoms with Gasteiger partial charge in [-0.3, -0.25) is 9.97 Å². The second-order valence-electron chi connectivity index (χ2n) is 3.84. The van der Waals surface area contributed by atoms with Crippen molar-refractivity contribution in [2.45, 2.75) is 6.92 Å². The van der Waals surface area contributed by atoms with Crippen LogP contribution in [0.3, 0.4) is 0 Å². The summed E-state index contributed by atoms with van der Waals surface area (Å²) in [5, 5.41) is 0. The molecule has 2 aromatic heterocycles. The summed E-state index contributed by atoms with van der Waals surface area (Å²) in [5.74, 6) is -0.353. The minimum atomic E-state index is -0.353. The maximum Gasteiger partial charge on any atom is 0.339 e. The van der Waals surface area contributed by atoms with E-state index in [4.69, 9.17) is 4.74 Å². The SMILES string of the molecule is CCOC(=O)c1cncc(/C=C/c2ccncc2)c1. The minimum absolute atomic E-state index is 0.353. The first-order valence-corrected chi connectivity index (χ1v) is 6.00. The Kier molecular flexibility index (Phi) is 4.39. The van der Waals surface area contributed by atoms with Crippen LogP contribution in [0.1, 0.15) is 28.4 Å². The molecule has 2 aromatic rings. The Bertz CT molecular complexity index is 580. The summed E-state index contributed by atoms with van der Waals surface area (Å²) in [6.45, 7) is 2.13. The smallest absolute Gasteiger partial charge is 0.339 e. The predicted molar refractivity (Wildman–Crippen MR) is 73.4 cm³/mol. The molecule has 2 rings (SSSR count). The van der Waals surface area contributed by atoms with Crippen molar-refractivity contribution in [2.24, 2.45) is 0 Å². The summed E-state index contributed by atoms with van der Waals surface area (Å²) in [6.07, 6.45) is 10.5. The maximum absolute atomic E-state index is 11.6. The van der Waals surface area contributed by atoms with Crippen LogP contribution in [0.15, 0.2) is 43.0 Å². The zero-order valence-electron chi connectivity index (χ0n) is 10.6. The van der Waals surface area contributed by atoms with E-state index in [0.29, 0.717) is 12.2 Å². The summed E-state index contributed by atoms with van der Waals surface area (Å²) in [4.78, 5) is 19.6. The van der Waals surface area contributed by atoms with Gasteiger partial charge in [-0.1, -0.05) is 12.2 Å². The fourth-order valence-electron chi connectivity index (χ4n) is 1.54. The van der Waals surface area contributed by atoms with E-state index < -0.39 is 0 Å². The molecular weight excluding hydrogens is 240 g/mol. The molecule has 0 saturated carbocycles. The molecule has 0 radical (unpaired) electrons. The highest BCUT2D eigenvalue weighted by Gasteiger charge is 2.06. The van der Waals surface area contributed by atoms with Crippen LogP contribution >= 0.6 is 0 Å². The normalized spacial score (nSPS) is 10.6. The average molecular weight is 254 g/mol. The third-order valence-corrected chi connectivity index (χ3v) is 2.44. The maximum atomic E-state index is 11.6. The Hall–Kier alpha value is -2.49. The van der Waals surface area contributed by atoms with Crippen molar-refractivity contribution in [2.75, 3.05) is 6.61 Å². The fourth-order valence-corrected chi connectivity index (χ4v) is 1.54. The molecule has 0 aromatic carbocycles. The quantitative estimate of drug-likeness (QED) is 0.787. The zero-order valence-corrected chi connectivity index (χ0v) is 10.6. The summed E-state index contributed by atoms with van der Waals surface area (Å²) in [7, 11) is 0. The molecule has 0 aliphatic rings. The van der Waals surface area contributed by atoms with E-state index in [1.165, 1.54) is 6.20 Å². The highest BCUT2D eigenvalue weighted by atomic mass is 16.5. The van der Waals surface area contributed by atoms with E-state index >= 15 is 0 Å². The first-order chi connectivity index (χ1) is 9.29. The number of nitrogens with zero attached hydrogens (tertiary/aromatic N) is 2. The molecule has 19 heavy (non-hydrogen) atoms. The van der Waals surface area contributed by atoms with Gasteiger partial charge in [0.25, 0.3) is 0 Å². The molecule has 0 atom stereocenters. The number of hydrogen-bond acceptors (Lipinski definition) is 4. The molecule has 0 fully saturated rings. The number of ether oxygens (including phenoxy) is 1. The minimum Gasteiger partial charge on any atom is -0.462 e. The third-order valence-electron chi connectivity index (χ3n) is 2.44. The lowest BCUT2D eigenvalue weighted by molar-refractivity contribution is 0.0526. The van der Waals surface area contributed by atoms with E-state index in [1.807, 2.05) is 24.3 Å². The monoisotopic (exact) mass is 254 g/mol. The fraction of sp³-hybridized carbons (Fsp3) is 0.133. The largest absolute Gasteiger partial charge is 0.462 e. The van der Waals surface area contributed by atoms with Gasteiger partial charge in [0.05, 0.1) is 12.2 Å². The summed E-state index contributed by atoms with van der Waals surface area (Å²) < 4.78 is 4.93. The summed E-state index contributed by atoms with van der Waals surface area (Å²) >= 11 is 0. The average Bonchev–Trinajstić information content (AvgIpc) is 2.47. The van der Waals surface area contributed by atoms with Crippen molar-refractivity contribution in [3.8, 4) is 0 Å². The lowest BCUT2D eigenvalue weighted by atomic mass is 10.1. The van der Waals surface area contributed by atoms with Crippen molar-refractivity contribution in [3.63, 3.8) is 0 Å². The molecule has 0 amide bonds. The van der Waals surface area contributed by atoms with Gasteiger partial charge in [-0.2, -0.15) is 0 Å². The van der Waals surface area contributed by atoms with Gasteiger partial charge in [-0.05, 0) is 36.2 Å². The van der Waals surface area contributed by atoms with Gasteiger partial charge >= 0.3 is 5.97 Å². The first-order valence-electron chi connectivity index (χ1n) is 6.00. The van der Waals surface area contributed by atoms with Crippen LogP contribution < -0.4 is 0 Å². The lowest BCUT2D eigenvalue weighted by Gasteiger charge is -2.01. The van der Waals surface area contributed by atoms with Crippen molar-refractivity contribution in [1.82, 2.24) is 9.97 Å². The highest BCUT2D eigenvalue weighted by molar-refractivity contribution is 5.90. The van der Waals surface area contributed by atoms with Crippen LogP contribution in [0, 0.1) is 0 Å². The Morgan fingerprint density at radius 3 is 2.63 bits per heavy atom. The van der Waals surface area contributed by atoms with Gasteiger partial charge in [0.2, 0.25) is 0 Å². The van der Waals surface area contributed by atoms with Crippen molar-refractivity contribution in [1.29, 1.82) is 0 Å². The second kappa shape index (κ2) is 6.44. The number of pyridine rings is 2. The predicted octanol–water partition coefficient (Wildman–Crippen LogP) is 2.82. The topological polar surface area (TPSA) is 52.1 Å². The van der Waals surface area contributed by atoms with Gasteiger partial charge in [-0.15, -0.1) is 0 Å². The van der Waals surface area contributed by atoms with Crippen LogP contribution in [0.25, 0.3) is 12.2 Å². The van der Waals surface area contributed by atoms with Crippen LogP contribution in [-0.4, -0.2) is 22.5 Å². The standard InChI is InChI=1S/C15H14N2O2/c1-2-19-15(18)14-9-13(10-17-11-14)4-3-12-5-7-16-8-6-12/h3-11H,2H2,1H3/b4-3+. The molecule has 96 valence electrons. The third kappa shape index (κ3) is 3.74. The number of rotatable bonds is 4. The van der Waals surface area contributed by atoms with Gasteiger partial charge in [0.15, 0.2) is 0 Å². The molecule has 0 saturated heterocycles. The molecular formula is C15H14N2O2. The second-order valence-corrected chi connectivity index (χ2v) is 3.84. The molecule has 2 heterocycles. The molecule has 0 aliphatic carbocycles. The summed E-state index contributed by atoms with van der Waals surface area (Å²) in [5.41, 5.74) is 2.35. The van der Waals surface area contributed by atoms with Crippen molar-refractivity contribution >= 4 is 18.1 Å². The van der Waals surface area contributed by atoms with Crippen LogP contribution in [0.4, 0.5) is 0 Å². The molecule has 0 aliphatic heterocycles.